The van der Waals surface area contributed by atoms with E-state index in [1.54, 1.807) is 0 Å². The second kappa shape index (κ2) is 3.82. The van der Waals surface area contributed by atoms with Crippen LogP contribution in [0.5, 0.6) is 0 Å². The molecule has 0 aromatic heterocycles. The summed E-state index contributed by atoms with van der Waals surface area (Å²) in [5.41, 5.74) is 0.630. The average molecular weight is 197 g/mol. The minimum Gasteiger partial charge on any atom is -0.375 e. The Kier molecular flexibility index (Phi) is 2.85. The van der Waals surface area contributed by atoms with E-state index in [2.05, 4.69) is 26.1 Å². The first-order valence-electron chi connectivity index (χ1n) is 5.96. The quantitative estimate of drug-likeness (QED) is 0.750. The molecule has 2 nitrogen and oxygen atoms in total. The topological polar surface area (TPSA) is 21.3 Å². The van der Waals surface area contributed by atoms with Gasteiger partial charge in [-0.05, 0) is 44.9 Å². The SMILES string of the molecule is CC1CC(NCC2(C)CC2)CC(C)O1. The summed E-state index contributed by atoms with van der Waals surface area (Å²) in [6.45, 7) is 7.95. The van der Waals surface area contributed by atoms with Crippen molar-refractivity contribution < 1.29 is 4.74 Å². The summed E-state index contributed by atoms with van der Waals surface area (Å²) in [5.74, 6) is 0. The van der Waals surface area contributed by atoms with E-state index in [4.69, 9.17) is 4.74 Å². The third-order valence-electron chi connectivity index (χ3n) is 3.62. The Morgan fingerprint density at radius 1 is 1.21 bits per heavy atom. The van der Waals surface area contributed by atoms with E-state index in [-0.39, 0.29) is 0 Å². The van der Waals surface area contributed by atoms with Crippen molar-refractivity contribution in [1.29, 1.82) is 0 Å². The fourth-order valence-electron chi connectivity index (χ4n) is 2.35. The highest BCUT2D eigenvalue weighted by Crippen LogP contribution is 2.44. The molecule has 1 aliphatic carbocycles. The zero-order chi connectivity index (χ0) is 10.2. The molecule has 1 aliphatic heterocycles. The van der Waals surface area contributed by atoms with Gasteiger partial charge in [0, 0.05) is 12.6 Å². The van der Waals surface area contributed by atoms with Crippen molar-refractivity contribution >= 4 is 0 Å². The van der Waals surface area contributed by atoms with Gasteiger partial charge in [-0.25, -0.2) is 0 Å². The maximum atomic E-state index is 5.72. The molecular formula is C12H23NO. The van der Waals surface area contributed by atoms with Gasteiger partial charge in [-0.2, -0.15) is 0 Å². The first kappa shape index (κ1) is 10.4. The lowest BCUT2D eigenvalue weighted by molar-refractivity contribution is -0.0425. The van der Waals surface area contributed by atoms with Crippen molar-refractivity contribution in [2.24, 2.45) is 5.41 Å². The molecule has 14 heavy (non-hydrogen) atoms. The molecule has 2 fully saturated rings. The van der Waals surface area contributed by atoms with Crippen LogP contribution in [-0.2, 0) is 4.74 Å². The van der Waals surface area contributed by atoms with Crippen LogP contribution < -0.4 is 5.32 Å². The zero-order valence-electron chi connectivity index (χ0n) is 9.68. The van der Waals surface area contributed by atoms with Crippen LogP contribution in [0.4, 0.5) is 0 Å². The number of nitrogens with one attached hydrogen (secondary N) is 1. The Morgan fingerprint density at radius 3 is 2.29 bits per heavy atom. The molecular weight excluding hydrogens is 174 g/mol. The number of ether oxygens (including phenoxy) is 1. The fraction of sp³-hybridized carbons (Fsp3) is 1.00. The van der Waals surface area contributed by atoms with E-state index >= 15 is 0 Å². The van der Waals surface area contributed by atoms with Gasteiger partial charge >= 0.3 is 0 Å². The summed E-state index contributed by atoms with van der Waals surface area (Å²) < 4.78 is 5.72. The zero-order valence-corrected chi connectivity index (χ0v) is 9.68. The predicted octanol–water partition coefficient (Wildman–Crippen LogP) is 2.33. The van der Waals surface area contributed by atoms with Gasteiger partial charge in [-0.1, -0.05) is 6.92 Å². The summed E-state index contributed by atoms with van der Waals surface area (Å²) in [6.07, 6.45) is 6.05. The normalized spacial score (nSPS) is 40.9. The Balaban J connectivity index is 1.74. The molecule has 1 saturated heterocycles. The van der Waals surface area contributed by atoms with Crippen molar-refractivity contribution in [3.05, 3.63) is 0 Å². The van der Waals surface area contributed by atoms with Crippen LogP contribution in [0.1, 0.15) is 46.5 Å². The van der Waals surface area contributed by atoms with Crippen LogP contribution in [0.2, 0.25) is 0 Å². The van der Waals surface area contributed by atoms with E-state index in [1.807, 2.05) is 0 Å². The molecule has 0 aromatic rings. The minimum absolute atomic E-state index is 0.434. The van der Waals surface area contributed by atoms with Crippen LogP contribution in [0.15, 0.2) is 0 Å². The summed E-state index contributed by atoms with van der Waals surface area (Å²) in [5, 5.41) is 3.70. The Morgan fingerprint density at radius 2 is 1.79 bits per heavy atom. The molecule has 1 heterocycles. The molecule has 0 bridgehead atoms. The van der Waals surface area contributed by atoms with Crippen LogP contribution in [0, 0.1) is 5.41 Å². The highest BCUT2D eigenvalue weighted by atomic mass is 16.5. The first-order chi connectivity index (χ1) is 6.57. The molecule has 1 N–H and O–H groups in total. The van der Waals surface area contributed by atoms with Gasteiger partial charge in [0.05, 0.1) is 12.2 Å². The minimum atomic E-state index is 0.434. The van der Waals surface area contributed by atoms with E-state index in [0.29, 0.717) is 23.7 Å². The highest BCUT2D eigenvalue weighted by molar-refractivity contribution is 4.92. The number of hydrogen-bond donors (Lipinski definition) is 1. The summed E-state index contributed by atoms with van der Waals surface area (Å²) in [4.78, 5) is 0. The van der Waals surface area contributed by atoms with Gasteiger partial charge in [0.15, 0.2) is 0 Å². The molecule has 82 valence electrons. The molecule has 2 heteroatoms. The van der Waals surface area contributed by atoms with Crippen molar-refractivity contribution in [2.45, 2.75) is 64.7 Å². The monoisotopic (exact) mass is 197 g/mol. The van der Waals surface area contributed by atoms with Crippen LogP contribution in [0.3, 0.4) is 0 Å². The molecule has 0 amide bonds. The largest absolute Gasteiger partial charge is 0.375 e. The molecule has 2 rings (SSSR count). The Bertz CT molecular complexity index is 190. The van der Waals surface area contributed by atoms with Crippen molar-refractivity contribution in [3.8, 4) is 0 Å². The smallest absolute Gasteiger partial charge is 0.0565 e. The standard InChI is InChI=1S/C12H23NO/c1-9-6-11(7-10(2)14-9)13-8-12(3)4-5-12/h9-11,13H,4-8H2,1-3H3. The molecule has 2 aliphatic rings. The van der Waals surface area contributed by atoms with Crippen molar-refractivity contribution in [3.63, 3.8) is 0 Å². The van der Waals surface area contributed by atoms with E-state index in [9.17, 15) is 0 Å². The first-order valence-corrected chi connectivity index (χ1v) is 5.96. The third kappa shape index (κ3) is 2.71. The molecule has 2 unspecified atom stereocenters. The lowest BCUT2D eigenvalue weighted by Crippen LogP contribution is -2.43. The molecule has 0 radical (unpaired) electrons. The number of hydrogen-bond acceptors (Lipinski definition) is 2. The van der Waals surface area contributed by atoms with Gasteiger partial charge in [0.25, 0.3) is 0 Å². The van der Waals surface area contributed by atoms with Crippen LogP contribution in [-0.4, -0.2) is 24.8 Å². The third-order valence-corrected chi connectivity index (χ3v) is 3.62. The Hall–Kier alpha value is -0.0800. The molecule has 2 atom stereocenters. The summed E-state index contributed by atoms with van der Waals surface area (Å²) in [7, 11) is 0. The second-order valence-corrected chi connectivity index (χ2v) is 5.62. The lowest BCUT2D eigenvalue weighted by atomic mass is 9.99. The van der Waals surface area contributed by atoms with Gasteiger partial charge < -0.3 is 10.1 Å². The van der Waals surface area contributed by atoms with E-state index in [0.717, 1.165) is 0 Å². The highest BCUT2D eigenvalue weighted by Gasteiger charge is 2.37. The molecule has 1 saturated carbocycles. The maximum Gasteiger partial charge on any atom is 0.0565 e. The van der Waals surface area contributed by atoms with Crippen molar-refractivity contribution in [2.75, 3.05) is 6.54 Å². The molecule has 0 spiro atoms. The summed E-state index contributed by atoms with van der Waals surface area (Å²) >= 11 is 0. The van der Waals surface area contributed by atoms with Crippen LogP contribution in [0.25, 0.3) is 0 Å². The number of rotatable bonds is 3. The maximum absolute atomic E-state index is 5.72. The van der Waals surface area contributed by atoms with Crippen molar-refractivity contribution in [1.82, 2.24) is 5.32 Å². The Labute approximate surface area is 87.4 Å². The summed E-state index contributed by atoms with van der Waals surface area (Å²) in [6, 6.07) is 0.686. The van der Waals surface area contributed by atoms with E-state index < -0.39 is 0 Å². The van der Waals surface area contributed by atoms with Gasteiger partial charge in [-0.15, -0.1) is 0 Å². The van der Waals surface area contributed by atoms with Gasteiger partial charge in [-0.3, -0.25) is 0 Å². The predicted molar refractivity (Wildman–Crippen MR) is 58.4 cm³/mol. The fourth-order valence-corrected chi connectivity index (χ4v) is 2.35. The van der Waals surface area contributed by atoms with Gasteiger partial charge in [0.2, 0.25) is 0 Å². The van der Waals surface area contributed by atoms with E-state index in [1.165, 1.54) is 32.2 Å². The second-order valence-electron chi connectivity index (χ2n) is 5.62. The lowest BCUT2D eigenvalue weighted by Gasteiger charge is -2.33. The molecule has 0 aromatic carbocycles. The van der Waals surface area contributed by atoms with Gasteiger partial charge in [0.1, 0.15) is 0 Å². The van der Waals surface area contributed by atoms with Crippen LogP contribution >= 0.6 is 0 Å². The average Bonchev–Trinajstić information content (AvgIpc) is 2.80.